The van der Waals surface area contributed by atoms with Crippen LogP contribution in [0.3, 0.4) is 0 Å². The molecule has 0 saturated heterocycles. The molecule has 1 aromatic heterocycles. The fourth-order valence-corrected chi connectivity index (χ4v) is 1.51. The Morgan fingerprint density at radius 2 is 2.06 bits per heavy atom. The largest absolute Gasteiger partial charge is 0.366 e. The number of nitrogens with zero attached hydrogens (tertiary/aromatic N) is 1. The number of amides is 1. The van der Waals surface area contributed by atoms with Gasteiger partial charge in [0, 0.05) is 22.9 Å². The zero-order chi connectivity index (χ0) is 13.1. The van der Waals surface area contributed by atoms with Crippen molar-refractivity contribution in [3.8, 4) is 11.3 Å². The smallest absolute Gasteiger partial charge is 0.248 e. The number of carbonyl (C=O) groups excluding carboxylic acids is 2. The van der Waals surface area contributed by atoms with Crippen LogP contribution in [0, 0.1) is 5.82 Å². The van der Waals surface area contributed by atoms with Gasteiger partial charge < -0.3 is 5.73 Å². The van der Waals surface area contributed by atoms with Crippen molar-refractivity contribution in [2.45, 2.75) is 0 Å². The van der Waals surface area contributed by atoms with Crippen LogP contribution in [0.1, 0.15) is 20.7 Å². The molecule has 0 bridgehead atoms. The fraction of sp³-hybridized carbons (Fsp3) is 0. The molecule has 0 unspecified atom stereocenters. The molecule has 1 amide bonds. The Bertz CT molecular complexity index is 609. The van der Waals surface area contributed by atoms with Crippen molar-refractivity contribution in [3.63, 3.8) is 0 Å². The number of aromatic nitrogens is 1. The molecule has 0 radical (unpaired) electrons. The lowest BCUT2D eigenvalue weighted by Crippen LogP contribution is -2.11. The first-order valence-corrected chi connectivity index (χ1v) is 5.13. The molecule has 0 fully saturated rings. The Balaban J connectivity index is 2.51. The standard InChI is InChI=1S/C13H9FN2O2/c14-11-3-2-9(13(15)18)5-10(11)12-4-1-8(7-17)6-16-12/h1-7H,(H2,15,18). The zero-order valence-electron chi connectivity index (χ0n) is 9.26. The Hall–Kier alpha value is -2.56. The van der Waals surface area contributed by atoms with E-state index in [0.717, 1.165) is 6.07 Å². The number of carbonyl (C=O) groups is 2. The lowest BCUT2D eigenvalue weighted by molar-refractivity contribution is 0.1000. The van der Waals surface area contributed by atoms with Crippen LogP contribution in [0.15, 0.2) is 36.5 Å². The first-order valence-electron chi connectivity index (χ1n) is 5.13. The monoisotopic (exact) mass is 244 g/mol. The van der Waals surface area contributed by atoms with Gasteiger partial charge in [0.1, 0.15) is 5.82 Å². The van der Waals surface area contributed by atoms with Gasteiger partial charge in [-0.25, -0.2) is 4.39 Å². The van der Waals surface area contributed by atoms with E-state index in [1.165, 1.54) is 30.5 Å². The van der Waals surface area contributed by atoms with E-state index in [1.54, 1.807) is 0 Å². The van der Waals surface area contributed by atoms with Crippen molar-refractivity contribution in [2.24, 2.45) is 5.73 Å². The lowest BCUT2D eigenvalue weighted by atomic mass is 10.1. The van der Waals surface area contributed by atoms with Crippen LogP contribution in [0.4, 0.5) is 4.39 Å². The Morgan fingerprint density at radius 3 is 2.61 bits per heavy atom. The summed E-state index contributed by atoms with van der Waals surface area (Å²) < 4.78 is 13.6. The second kappa shape index (κ2) is 4.75. The molecule has 1 heterocycles. The van der Waals surface area contributed by atoms with Gasteiger partial charge in [0.2, 0.25) is 5.91 Å². The van der Waals surface area contributed by atoms with Crippen molar-refractivity contribution < 1.29 is 14.0 Å². The van der Waals surface area contributed by atoms with Crippen LogP contribution in [0.2, 0.25) is 0 Å². The lowest BCUT2D eigenvalue weighted by Gasteiger charge is -2.04. The minimum atomic E-state index is -0.638. The summed E-state index contributed by atoms with van der Waals surface area (Å²) in [5, 5.41) is 0. The third-order valence-electron chi connectivity index (χ3n) is 2.45. The van der Waals surface area contributed by atoms with E-state index in [2.05, 4.69) is 4.98 Å². The van der Waals surface area contributed by atoms with Gasteiger partial charge in [-0.05, 0) is 30.3 Å². The molecule has 2 N–H and O–H groups in total. The quantitative estimate of drug-likeness (QED) is 0.836. The molecule has 4 nitrogen and oxygen atoms in total. The van der Waals surface area contributed by atoms with E-state index in [0.29, 0.717) is 17.5 Å². The maximum Gasteiger partial charge on any atom is 0.248 e. The summed E-state index contributed by atoms with van der Waals surface area (Å²) in [4.78, 5) is 25.5. The zero-order valence-corrected chi connectivity index (χ0v) is 9.26. The summed E-state index contributed by atoms with van der Waals surface area (Å²) in [6, 6.07) is 6.82. The van der Waals surface area contributed by atoms with Gasteiger partial charge in [0.05, 0.1) is 5.69 Å². The predicted molar refractivity (Wildman–Crippen MR) is 63.5 cm³/mol. The topological polar surface area (TPSA) is 73.1 Å². The third-order valence-corrected chi connectivity index (χ3v) is 2.45. The molecular formula is C13H9FN2O2. The van der Waals surface area contributed by atoms with E-state index in [1.807, 2.05) is 0 Å². The van der Waals surface area contributed by atoms with E-state index >= 15 is 0 Å². The Kier molecular flexibility index (Phi) is 3.14. The summed E-state index contributed by atoms with van der Waals surface area (Å²) in [5.41, 5.74) is 6.23. The number of hydrogen-bond donors (Lipinski definition) is 1. The normalized spacial score (nSPS) is 10.1. The van der Waals surface area contributed by atoms with Crippen molar-refractivity contribution in [2.75, 3.05) is 0 Å². The highest BCUT2D eigenvalue weighted by Gasteiger charge is 2.10. The van der Waals surface area contributed by atoms with Crippen molar-refractivity contribution >= 4 is 12.2 Å². The number of hydrogen-bond acceptors (Lipinski definition) is 3. The second-order valence-electron chi connectivity index (χ2n) is 3.65. The second-order valence-corrected chi connectivity index (χ2v) is 3.65. The minimum absolute atomic E-state index is 0.170. The first kappa shape index (κ1) is 11.9. The molecule has 2 rings (SSSR count). The van der Waals surface area contributed by atoms with Gasteiger partial charge in [-0.1, -0.05) is 0 Å². The number of benzene rings is 1. The van der Waals surface area contributed by atoms with Crippen LogP contribution in [-0.4, -0.2) is 17.2 Å². The SMILES string of the molecule is NC(=O)c1ccc(F)c(-c2ccc(C=O)cn2)c1. The predicted octanol–water partition coefficient (Wildman–Crippen LogP) is 1.80. The number of rotatable bonds is 3. The number of aldehydes is 1. The highest BCUT2D eigenvalue weighted by molar-refractivity contribution is 5.94. The molecule has 0 aliphatic heterocycles. The van der Waals surface area contributed by atoms with Gasteiger partial charge in [-0.15, -0.1) is 0 Å². The van der Waals surface area contributed by atoms with E-state index in [4.69, 9.17) is 5.73 Å². The Morgan fingerprint density at radius 1 is 1.28 bits per heavy atom. The van der Waals surface area contributed by atoms with E-state index in [-0.39, 0.29) is 11.1 Å². The van der Waals surface area contributed by atoms with Gasteiger partial charge >= 0.3 is 0 Å². The minimum Gasteiger partial charge on any atom is -0.366 e. The van der Waals surface area contributed by atoms with Crippen molar-refractivity contribution in [1.82, 2.24) is 4.98 Å². The molecule has 0 aliphatic carbocycles. The summed E-state index contributed by atoms with van der Waals surface area (Å²) in [6.45, 7) is 0. The average molecular weight is 244 g/mol. The number of halogens is 1. The fourth-order valence-electron chi connectivity index (χ4n) is 1.51. The highest BCUT2D eigenvalue weighted by atomic mass is 19.1. The Labute approximate surface area is 102 Å². The van der Waals surface area contributed by atoms with Gasteiger partial charge in [0.15, 0.2) is 6.29 Å². The molecular weight excluding hydrogens is 235 g/mol. The van der Waals surface area contributed by atoms with Crippen LogP contribution in [-0.2, 0) is 0 Å². The number of primary amides is 1. The molecule has 0 atom stereocenters. The van der Waals surface area contributed by atoms with Crippen LogP contribution >= 0.6 is 0 Å². The highest BCUT2D eigenvalue weighted by Crippen LogP contribution is 2.22. The molecule has 0 saturated carbocycles. The summed E-state index contributed by atoms with van der Waals surface area (Å²) >= 11 is 0. The molecule has 5 heteroatoms. The average Bonchev–Trinajstić information content (AvgIpc) is 2.39. The maximum atomic E-state index is 13.6. The third kappa shape index (κ3) is 2.24. The summed E-state index contributed by atoms with van der Waals surface area (Å²) in [7, 11) is 0. The summed E-state index contributed by atoms with van der Waals surface area (Å²) in [6.07, 6.45) is 1.98. The summed E-state index contributed by atoms with van der Waals surface area (Å²) in [5.74, 6) is -1.15. The van der Waals surface area contributed by atoms with E-state index < -0.39 is 11.7 Å². The molecule has 1 aromatic carbocycles. The van der Waals surface area contributed by atoms with Gasteiger partial charge in [-0.2, -0.15) is 0 Å². The first-order chi connectivity index (χ1) is 8.61. The van der Waals surface area contributed by atoms with Gasteiger partial charge in [0.25, 0.3) is 0 Å². The molecule has 18 heavy (non-hydrogen) atoms. The number of pyridine rings is 1. The molecule has 0 spiro atoms. The van der Waals surface area contributed by atoms with Crippen LogP contribution in [0.25, 0.3) is 11.3 Å². The number of nitrogens with two attached hydrogens (primary N) is 1. The van der Waals surface area contributed by atoms with Gasteiger partial charge in [-0.3, -0.25) is 14.6 Å². The molecule has 2 aromatic rings. The van der Waals surface area contributed by atoms with Crippen molar-refractivity contribution in [1.29, 1.82) is 0 Å². The van der Waals surface area contributed by atoms with Crippen LogP contribution < -0.4 is 5.73 Å². The molecule has 90 valence electrons. The maximum absolute atomic E-state index is 13.6. The van der Waals surface area contributed by atoms with Crippen molar-refractivity contribution in [3.05, 3.63) is 53.5 Å². The molecule has 0 aliphatic rings. The van der Waals surface area contributed by atoms with Crippen LogP contribution in [0.5, 0.6) is 0 Å². The van der Waals surface area contributed by atoms with E-state index in [9.17, 15) is 14.0 Å².